The molecule has 1 atom stereocenters. The normalized spacial score (nSPS) is 22.4. The van der Waals surface area contributed by atoms with Gasteiger partial charge in [0.15, 0.2) is 0 Å². The Kier molecular flexibility index (Phi) is 4.06. The number of likely N-dealkylation sites (N-methyl/N-ethyl adjacent to an activating group) is 1. The van der Waals surface area contributed by atoms with E-state index in [9.17, 15) is 0 Å². The first-order valence-electron chi connectivity index (χ1n) is 5.22. The monoisotopic (exact) mass is 225 g/mol. The van der Waals surface area contributed by atoms with Crippen molar-refractivity contribution in [3.63, 3.8) is 0 Å². The Hall–Kier alpha value is 0.0243. The molecule has 0 amide bonds. The van der Waals surface area contributed by atoms with Gasteiger partial charge in [0.25, 0.3) is 0 Å². The van der Waals surface area contributed by atoms with Crippen LogP contribution in [0.25, 0.3) is 0 Å². The molecule has 0 aromatic heterocycles. The van der Waals surface area contributed by atoms with Crippen LogP contribution in [0, 0.1) is 5.92 Å². The van der Waals surface area contributed by atoms with Crippen molar-refractivity contribution in [3.8, 4) is 0 Å². The van der Waals surface area contributed by atoms with Crippen LogP contribution in [-0.4, -0.2) is 10.5 Å². The first-order chi connectivity index (χ1) is 6.50. The van der Waals surface area contributed by atoms with E-state index in [1.165, 1.54) is 26.2 Å². The minimum atomic E-state index is 0.592. The fourth-order valence-electron chi connectivity index (χ4n) is 2.04. The van der Waals surface area contributed by atoms with Crippen LogP contribution in [0.4, 0.5) is 0 Å². The fourth-order valence-corrected chi connectivity index (χ4v) is 2.95. The van der Waals surface area contributed by atoms with Crippen molar-refractivity contribution in [2.45, 2.75) is 34.6 Å². The Morgan fingerprint density at radius 2 is 1.86 bits per heavy atom. The second-order valence-corrected chi connectivity index (χ2v) is 4.75. The zero-order valence-corrected chi connectivity index (χ0v) is 11.3. The van der Waals surface area contributed by atoms with E-state index in [0.717, 1.165) is 6.54 Å². The predicted molar refractivity (Wildman–Crippen MR) is 58.9 cm³/mol. The molecule has 0 fully saturated rings. The van der Waals surface area contributed by atoms with Gasteiger partial charge in [-0.3, -0.25) is 0 Å². The van der Waals surface area contributed by atoms with E-state index in [2.05, 4.69) is 59.9 Å². The summed E-state index contributed by atoms with van der Waals surface area (Å²) >= 11 is 2.19. The molecule has 1 rings (SSSR count). The number of hydrogen-bond acceptors (Lipinski definition) is 1. The van der Waals surface area contributed by atoms with Crippen LogP contribution in [0.1, 0.15) is 34.6 Å². The summed E-state index contributed by atoms with van der Waals surface area (Å²) in [5.41, 5.74) is 5.97. The van der Waals surface area contributed by atoms with Gasteiger partial charge in [-0.2, -0.15) is 0 Å². The van der Waals surface area contributed by atoms with E-state index in [1.807, 2.05) is 0 Å². The van der Waals surface area contributed by atoms with Gasteiger partial charge >= 0.3 is 98.6 Å². The molecule has 0 saturated carbocycles. The topological polar surface area (TPSA) is 12.0 Å². The van der Waals surface area contributed by atoms with E-state index in [-0.39, 0.29) is 0 Å². The van der Waals surface area contributed by atoms with Crippen LogP contribution in [0.5, 0.6) is 0 Å². The summed E-state index contributed by atoms with van der Waals surface area (Å²) in [7, 11) is 0. The van der Waals surface area contributed by atoms with E-state index >= 15 is 0 Å². The van der Waals surface area contributed by atoms with Crippen molar-refractivity contribution >= 4 is 3.94 Å². The Morgan fingerprint density at radius 3 is 2.21 bits per heavy atom. The van der Waals surface area contributed by atoms with Gasteiger partial charge in [0, 0.05) is 0 Å². The molecule has 0 aliphatic heterocycles. The van der Waals surface area contributed by atoms with Gasteiger partial charge in [-0.15, -0.1) is 0 Å². The number of allylic oxidation sites excluding steroid dienone is 3. The zero-order chi connectivity index (χ0) is 10.9. The molecule has 74 valence electrons. The number of hydrogen-bond donors (Lipinski definition) is 1. The average molecular weight is 225 g/mol. The van der Waals surface area contributed by atoms with Gasteiger partial charge in [-0.25, -0.2) is 0 Å². The maximum absolute atomic E-state index is 3.42. The van der Waals surface area contributed by atoms with Crippen molar-refractivity contribution in [1.29, 1.82) is 0 Å². The molecule has 0 bridgehead atoms. The fraction of sp³-hybridized carbons (Fsp3) is 0.583. The molecule has 2 heteroatoms. The van der Waals surface area contributed by atoms with Crippen molar-refractivity contribution in [1.82, 2.24) is 5.32 Å². The van der Waals surface area contributed by atoms with Crippen molar-refractivity contribution in [3.05, 3.63) is 22.3 Å². The molecule has 14 heavy (non-hydrogen) atoms. The van der Waals surface area contributed by atoms with Gasteiger partial charge in [-0.1, -0.05) is 0 Å². The Morgan fingerprint density at radius 1 is 1.29 bits per heavy atom. The molecule has 0 spiro atoms. The van der Waals surface area contributed by atoms with Crippen LogP contribution in [0.3, 0.4) is 0 Å². The first kappa shape index (κ1) is 12.1. The summed E-state index contributed by atoms with van der Waals surface area (Å²) in [4.78, 5) is 0. The Labute approximate surface area is 98.6 Å². The van der Waals surface area contributed by atoms with Crippen molar-refractivity contribution < 1.29 is 20.0 Å². The standard InChI is InChI=1S/C12H19N.Ti/c1-6-13-7-12-10(4)8(2)9(3)11(12)5;/h10,13H,6H2,1-5H3;/q;+2. The van der Waals surface area contributed by atoms with Gasteiger partial charge in [0.2, 0.25) is 0 Å². The van der Waals surface area contributed by atoms with E-state index in [1.54, 1.807) is 0 Å². The predicted octanol–water partition coefficient (Wildman–Crippen LogP) is 2.58. The van der Waals surface area contributed by atoms with Gasteiger partial charge in [0.1, 0.15) is 0 Å². The molecule has 0 saturated heterocycles. The molecule has 1 unspecified atom stereocenters. The summed E-state index contributed by atoms with van der Waals surface area (Å²) < 4.78 is 1.34. The average Bonchev–Trinajstić information content (AvgIpc) is 2.32. The molecular weight excluding hydrogens is 206 g/mol. The minimum absolute atomic E-state index is 0.592. The van der Waals surface area contributed by atoms with Crippen molar-refractivity contribution in [2.24, 2.45) is 5.92 Å². The molecule has 1 nitrogen and oxygen atoms in total. The molecular formula is C12H19NTi+2. The quantitative estimate of drug-likeness (QED) is 0.728. The molecule has 1 aliphatic rings. The zero-order valence-electron chi connectivity index (χ0n) is 9.78. The summed E-state index contributed by atoms with van der Waals surface area (Å²) in [5.74, 6) is 0.592. The Bertz CT molecular complexity index is 323. The summed E-state index contributed by atoms with van der Waals surface area (Å²) in [6.07, 6.45) is 0. The second kappa shape index (κ2) is 4.70. The second-order valence-electron chi connectivity index (χ2n) is 3.97. The van der Waals surface area contributed by atoms with Gasteiger partial charge in [0.05, 0.1) is 0 Å². The number of rotatable bonds is 3. The summed E-state index contributed by atoms with van der Waals surface area (Å²) in [5, 5.41) is 3.42. The molecule has 1 aliphatic carbocycles. The first-order valence-corrected chi connectivity index (χ1v) is 6.00. The van der Waals surface area contributed by atoms with Crippen molar-refractivity contribution in [2.75, 3.05) is 6.54 Å². The molecule has 0 aromatic carbocycles. The molecule has 0 aromatic rings. The summed E-state index contributed by atoms with van der Waals surface area (Å²) in [6.45, 7) is 12.2. The SMILES string of the molecule is CCN[C](=[Ti+2])C1=C(C)C(C)=C(C)C1C. The molecule has 0 radical (unpaired) electrons. The van der Waals surface area contributed by atoms with Crippen LogP contribution in [-0.2, 0) is 20.0 Å². The van der Waals surface area contributed by atoms with Crippen LogP contribution < -0.4 is 5.32 Å². The molecule has 0 heterocycles. The van der Waals surface area contributed by atoms with Crippen LogP contribution in [0.2, 0.25) is 0 Å². The van der Waals surface area contributed by atoms with Gasteiger partial charge in [-0.05, 0) is 0 Å². The summed E-state index contributed by atoms with van der Waals surface area (Å²) in [6, 6.07) is 0. The third kappa shape index (κ3) is 2.00. The third-order valence-corrected chi connectivity index (χ3v) is 3.96. The van der Waals surface area contributed by atoms with E-state index in [0.29, 0.717) is 5.92 Å². The Balaban J connectivity index is 2.98. The van der Waals surface area contributed by atoms with Gasteiger partial charge < -0.3 is 0 Å². The van der Waals surface area contributed by atoms with E-state index in [4.69, 9.17) is 0 Å². The third-order valence-electron chi connectivity index (χ3n) is 3.26. The van der Waals surface area contributed by atoms with Crippen LogP contribution >= 0.6 is 0 Å². The maximum atomic E-state index is 3.42. The van der Waals surface area contributed by atoms with E-state index < -0.39 is 0 Å². The molecule has 1 N–H and O–H groups in total. The van der Waals surface area contributed by atoms with Crippen LogP contribution in [0.15, 0.2) is 22.3 Å². The number of nitrogens with one attached hydrogen (secondary N) is 1.